The molecule has 3 N–H and O–H groups in total. The largest absolute Gasteiger partial charge is 0.387 e. The number of halogens is 4. The smallest absolute Gasteiger partial charge is 0.285 e. The predicted octanol–water partition coefficient (Wildman–Crippen LogP) is 1.87. The van der Waals surface area contributed by atoms with Gasteiger partial charge in [-0.05, 0) is 31.5 Å². The SMILES string of the molecule is CCNc1nc(N[C@@H]2CCN(C(=O)CO)CC2(F)F)nn2ccc(-c3ccc4nnn(CC(F)F)c4n3)c12. The first-order valence-electron chi connectivity index (χ1n) is 11.8. The first kappa shape index (κ1) is 25.6. The van der Waals surface area contributed by atoms with E-state index < -0.39 is 44.0 Å². The molecular formula is C22H24F4N10O2. The fourth-order valence-corrected chi connectivity index (χ4v) is 4.43. The number of anilines is 2. The molecule has 1 fully saturated rings. The molecule has 0 aromatic carbocycles. The van der Waals surface area contributed by atoms with E-state index in [1.54, 1.807) is 24.4 Å². The van der Waals surface area contributed by atoms with Gasteiger partial charge in [-0.25, -0.2) is 31.7 Å². The van der Waals surface area contributed by atoms with E-state index in [1.165, 1.54) is 4.52 Å². The van der Waals surface area contributed by atoms with E-state index in [4.69, 9.17) is 5.11 Å². The minimum atomic E-state index is -3.28. The summed E-state index contributed by atoms with van der Waals surface area (Å²) in [6.45, 7) is 0.0467. The maximum absolute atomic E-state index is 14.8. The lowest BCUT2D eigenvalue weighted by Gasteiger charge is -2.38. The Bertz CT molecular complexity index is 1470. The lowest BCUT2D eigenvalue weighted by Crippen LogP contribution is -2.56. The van der Waals surface area contributed by atoms with Crippen LogP contribution in [0, 0.1) is 0 Å². The number of aliphatic hydroxyl groups is 1. The number of hydrogen-bond acceptors (Lipinski definition) is 9. The van der Waals surface area contributed by atoms with Crippen LogP contribution in [0.5, 0.6) is 0 Å². The summed E-state index contributed by atoms with van der Waals surface area (Å²) in [7, 11) is 0. The van der Waals surface area contributed by atoms with Crippen LogP contribution in [0.3, 0.4) is 0 Å². The molecule has 1 amide bonds. The second-order valence-electron chi connectivity index (χ2n) is 8.76. The van der Waals surface area contributed by atoms with Gasteiger partial charge in [0, 0.05) is 24.8 Å². The Morgan fingerprint density at radius 1 is 1.26 bits per heavy atom. The highest BCUT2D eigenvalue weighted by atomic mass is 19.3. The average molecular weight is 536 g/mol. The number of carbonyl (C=O) groups is 1. The normalized spacial score (nSPS) is 17.4. The maximum atomic E-state index is 14.8. The van der Waals surface area contributed by atoms with Crippen LogP contribution in [0.4, 0.5) is 29.3 Å². The number of nitrogens with zero attached hydrogens (tertiary/aromatic N) is 8. The van der Waals surface area contributed by atoms with Crippen molar-refractivity contribution in [2.45, 2.75) is 38.3 Å². The molecule has 0 saturated carbocycles. The van der Waals surface area contributed by atoms with E-state index in [0.29, 0.717) is 34.7 Å². The van der Waals surface area contributed by atoms with Crippen molar-refractivity contribution >= 4 is 34.4 Å². The number of likely N-dealkylation sites (tertiary alicyclic amines) is 1. The van der Waals surface area contributed by atoms with Gasteiger partial charge in [0.25, 0.3) is 12.3 Å². The summed E-state index contributed by atoms with van der Waals surface area (Å²) in [6, 6.07) is 3.66. The molecule has 0 radical (unpaired) electrons. The second kappa shape index (κ2) is 10.00. The number of piperidine rings is 1. The standard InChI is InChI=1S/C22H24F4N10O2/c1-2-27-19-18-12(13-3-4-14-20(28-13)36(33-31-14)9-16(23)24)5-8-35(18)32-21(30-19)29-15-6-7-34(17(38)10-37)11-22(15,25)26/h3-5,8,15-16,37H,2,6-7,9-11H2,1H3,(H2,27,29,30,32)/t15-/m1/s1. The molecule has 1 saturated heterocycles. The summed E-state index contributed by atoms with van der Waals surface area (Å²) in [4.78, 5) is 21.5. The number of nitrogens with one attached hydrogen (secondary N) is 2. The molecule has 1 atom stereocenters. The van der Waals surface area contributed by atoms with Crippen LogP contribution < -0.4 is 10.6 Å². The van der Waals surface area contributed by atoms with Crippen molar-refractivity contribution in [2.24, 2.45) is 0 Å². The minimum Gasteiger partial charge on any atom is -0.387 e. The van der Waals surface area contributed by atoms with Gasteiger partial charge >= 0.3 is 0 Å². The van der Waals surface area contributed by atoms with Gasteiger partial charge in [0.2, 0.25) is 11.9 Å². The summed E-state index contributed by atoms with van der Waals surface area (Å²) < 4.78 is 58.0. The number of fused-ring (bicyclic) bond motifs is 2. The summed E-state index contributed by atoms with van der Waals surface area (Å²) in [5, 5.41) is 26.8. The fraction of sp³-hybridized carbons (Fsp3) is 0.455. The molecule has 0 unspecified atom stereocenters. The number of amides is 1. The number of pyridine rings is 1. The molecule has 4 aromatic rings. The van der Waals surface area contributed by atoms with E-state index in [0.717, 1.165) is 9.58 Å². The fourth-order valence-electron chi connectivity index (χ4n) is 4.43. The van der Waals surface area contributed by atoms with E-state index >= 15 is 0 Å². The number of rotatable bonds is 8. The number of carbonyl (C=O) groups excluding carboxylic acids is 1. The third kappa shape index (κ3) is 4.78. The van der Waals surface area contributed by atoms with Crippen molar-refractivity contribution in [1.29, 1.82) is 0 Å². The molecular weight excluding hydrogens is 512 g/mol. The van der Waals surface area contributed by atoms with Crippen LogP contribution in [0.25, 0.3) is 27.9 Å². The predicted molar refractivity (Wildman–Crippen MR) is 128 cm³/mol. The number of aliphatic hydroxyl groups excluding tert-OH is 1. The summed E-state index contributed by atoms with van der Waals surface area (Å²) in [5.41, 5.74) is 2.08. The highest BCUT2D eigenvalue weighted by Crippen LogP contribution is 2.32. The van der Waals surface area contributed by atoms with Crippen LogP contribution in [-0.4, -0.2) is 95.1 Å². The van der Waals surface area contributed by atoms with E-state index in [-0.39, 0.29) is 24.6 Å². The zero-order valence-corrected chi connectivity index (χ0v) is 20.2. The van der Waals surface area contributed by atoms with Crippen LogP contribution >= 0.6 is 0 Å². The van der Waals surface area contributed by atoms with E-state index in [2.05, 4.69) is 36.0 Å². The molecule has 4 aromatic heterocycles. The number of hydrogen-bond donors (Lipinski definition) is 3. The van der Waals surface area contributed by atoms with Crippen molar-refractivity contribution in [1.82, 2.24) is 39.5 Å². The van der Waals surface area contributed by atoms with Gasteiger partial charge in [0.05, 0.1) is 18.3 Å². The molecule has 202 valence electrons. The van der Waals surface area contributed by atoms with Gasteiger partial charge in [-0.3, -0.25) is 4.79 Å². The van der Waals surface area contributed by atoms with Gasteiger partial charge in [-0.15, -0.1) is 10.2 Å². The number of alkyl halides is 4. The molecule has 5 heterocycles. The molecule has 0 aliphatic carbocycles. The quantitative estimate of drug-likeness (QED) is 0.288. The molecule has 1 aliphatic heterocycles. The van der Waals surface area contributed by atoms with Crippen LogP contribution in [-0.2, 0) is 11.3 Å². The lowest BCUT2D eigenvalue weighted by atomic mass is 10.0. The Labute approximate surface area is 212 Å². The van der Waals surface area contributed by atoms with Gasteiger partial charge in [0.1, 0.15) is 24.2 Å². The summed E-state index contributed by atoms with van der Waals surface area (Å²) in [5.74, 6) is -3.74. The van der Waals surface area contributed by atoms with Gasteiger partial charge in [-0.2, -0.15) is 4.98 Å². The second-order valence-corrected chi connectivity index (χ2v) is 8.76. The van der Waals surface area contributed by atoms with Crippen molar-refractivity contribution in [3.05, 3.63) is 24.4 Å². The van der Waals surface area contributed by atoms with E-state index in [1.807, 2.05) is 6.92 Å². The topological polar surface area (TPSA) is 138 Å². The molecule has 0 spiro atoms. The Kier molecular flexibility index (Phi) is 6.73. The number of aromatic nitrogens is 7. The van der Waals surface area contributed by atoms with E-state index in [9.17, 15) is 22.4 Å². The lowest BCUT2D eigenvalue weighted by molar-refractivity contribution is -0.145. The third-order valence-electron chi connectivity index (χ3n) is 6.19. The van der Waals surface area contributed by atoms with Crippen molar-refractivity contribution in [3.63, 3.8) is 0 Å². The molecule has 0 bridgehead atoms. The maximum Gasteiger partial charge on any atom is 0.285 e. The zero-order chi connectivity index (χ0) is 27.0. The van der Waals surface area contributed by atoms with Crippen LogP contribution in [0.1, 0.15) is 13.3 Å². The molecule has 16 heteroatoms. The van der Waals surface area contributed by atoms with Gasteiger partial charge < -0.3 is 20.6 Å². The third-order valence-corrected chi connectivity index (χ3v) is 6.19. The highest BCUT2D eigenvalue weighted by molar-refractivity contribution is 5.89. The van der Waals surface area contributed by atoms with Gasteiger partial charge in [-0.1, -0.05) is 5.21 Å². The summed E-state index contributed by atoms with van der Waals surface area (Å²) in [6.07, 6.45) is -1.09. The summed E-state index contributed by atoms with van der Waals surface area (Å²) >= 11 is 0. The minimum absolute atomic E-state index is 0.0494. The Hall–Kier alpha value is -4.08. The molecule has 38 heavy (non-hydrogen) atoms. The highest BCUT2D eigenvalue weighted by Gasteiger charge is 2.46. The first-order chi connectivity index (χ1) is 18.2. The average Bonchev–Trinajstić information content (AvgIpc) is 3.48. The van der Waals surface area contributed by atoms with Crippen molar-refractivity contribution in [2.75, 3.05) is 36.9 Å². The first-order valence-corrected chi connectivity index (χ1v) is 11.8. The molecule has 1 aliphatic rings. The van der Waals surface area contributed by atoms with Crippen molar-refractivity contribution in [3.8, 4) is 11.3 Å². The van der Waals surface area contributed by atoms with Gasteiger partial charge in [0.15, 0.2) is 11.5 Å². The van der Waals surface area contributed by atoms with Crippen LogP contribution in [0.2, 0.25) is 0 Å². The Morgan fingerprint density at radius 2 is 2.08 bits per heavy atom. The van der Waals surface area contributed by atoms with Crippen molar-refractivity contribution < 1.29 is 27.5 Å². The molecule has 12 nitrogen and oxygen atoms in total. The zero-order valence-electron chi connectivity index (χ0n) is 20.2. The molecule has 5 rings (SSSR count). The van der Waals surface area contributed by atoms with Crippen LogP contribution in [0.15, 0.2) is 24.4 Å². The Morgan fingerprint density at radius 3 is 2.79 bits per heavy atom. The Balaban J connectivity index is 1.48. The monoisotopic (exact) mass is 536 g/mol.